The van der Waals surface area contributed by atoms with Gasteiger partial charge in [-0.1, -0.05) is 5.57 Å². The fourth-order valence-corrected chi connectivity index (χ4v) is 1.44. The zero-order valence-electron chi connectivity index (χ0n) is 7.00. The molecule has 2 unspecified atom stereocenters. The van der Waals surface area contributed by atoms with Crippen LogP contribution in [0.1, 0.15) is 20.3 Å². The molecule has 2 nitrogen and oxygen atoms in total. The summed E-state index contributed by atoms with van der Waals surface area (Å²) in [6.07, 6.45) is 0.712. The number of aliphatic hydroxyl groups is 1. The summed E-state index contributed by atoms with van der Waals surface area (Å²) in [6.45, 7) is 3.98. The largest absolute Gasteiger partial charge is 0.392 e. The van der Waals surface area contributed by atoms with Crippen molar-refractivity contribution in [2.45, 2.75) is 32.4 Å². The van der Waals surface area contributed by atoms with E-state index in [1.165, 1.54) is 5.57 Å². The van der Waals surface area contributed by atoms with Gasteiger partial charge < -0.3 is 9.84 Å². The molecule has 0 aliphatic carbocycles. The van der Waals surface area contributed by atoms with Crippen molar-refractivity contribution in [1.29, 1.82) is 0 Å². The Hall–Kier alpha value is -0.275. The zero-order valence-corrected chi connectivity index (χ0v) is 7.00. The molecule has 3 heteroatoms. The van der Waals surface area contributed by atoms with E-state index in [9.17, 15) is 0 Å². The van der Waals surface area contributed by atoms with Crippen LogP contribution in [0.2, 0.25) is 0 Å². The molecule has 0 amide bonds. The van der Waals surface area contributed by atoms with Gasteiger partial charge in [-0.2, -0.15) is 0 Å². The lowest BCUT2D eigenvalue weighted by molar-refractivity contribution is 0.0450. The highest BCUT2D eigenvalue weighted by Gasteiger charge is 2.20. The SMILES string of the molecule is [B]C1CC(C)=C(CO)C(C)O1. The normalized spacial score (nSPS) is 32.6. The third kappa shape index (κ3) is 1.85. The average molecular weight is 152 g/mol. The van der Waals surface area contributed by atoms with Gasteiger partial charge in [0, 0.05) is 6.00 Å². The Bertz CT molecular complexity index is 177. The molecule has 1 aliphatic rings. The van der Waals surface area contributed by atoms with Crippen molar-refractivity contribution in [3.8, 4) is 0 Å². The van der Waals surface area contributed by atoms with Crippen LogP contribution in [0.4, 0.5) is 0 Å². The van der Waals surface area contributed by atoms with Crippen LogP contribution < -0.4 is 0 Å². The molecule has 0 bridgehead atoms. The van der Waals surface area contributed by atoms with E-state index in [0.29, 0.717) is 0 Å². The lowest BCUT2D eigenvalue weighted by Gasteiger charge is -2.29. The molecule has 0 spiro atoms. The lowest BCUT2D eigenvalue weighted by Crippen LogP contribution is -2.29. The molecule has 1 N–H and O–H groups in total. The zero-order chi connectivity index (χ0) is 8.43. The number of rotatable bonds is 1. The van der Waals surface area contributed by atoms with Crippen LogP contribution in [0.25, 0.3) is 0 Å². The Labute approximate surface area is 68.7 Å². The van der Waals surface area contributed by atoms with Crippen molar-refractivity contribution in [1.82, 2.24) is 0 Å². The van der Waals surface area contributed by atoms with Gasteiger partial charge in [0.05, 0.1) is 12.7 Å². The van der Waals surface area contributed by atoms with Crippen molar-refractivity contribution in [3.63, 3.8) is 0 Å². The molecule has 0 aromatic rings. The second kappa shape index (κ2) is 3.41. The van der Waals surface area contributed by atoms with Gasteiger partial charge in [0.2, 0.25) is 0 Å². The summed E-state index contributed by atoms with van der Waals surface area (Å²) in [5.41, 5.74) is 2.14. The number of aliphatic hydroxyl groups excluding tert-OH is 1. The van der Waals surface area contributed by atoms with Crippen LogP contribution in [-0.2, 0) is 4.74 Å². The Balaban J connectivity index is 2.77. The van der Waals surface area contributed by atoms with E-state index in [0.717, 1.165) is 12.0 Å². The van der Waals surface area contributed by atoms with E-state index in [1.807, 2.05) is 13.8 Å². The molecule has 1 heterocycles. The van der Waals surface area contributed by atoms with E-state index in [-0.39, 0.29) is 18.7 Å². The van der Waals surface area contributed by atoms with Crippen LogP contribution in [0.5, 0.6) is 0 Å². The van der Waals surface area contributed by atoms with Gasteiger partial charge in [-0.15, -0.1) is 0 Å². The quantitative estimate of drug-likeness (QED) is 0.440. The Kier molecular flexibility index (Phi) is 2.74. The fraction of sp³-hybridized carbons (Fsp3) is 0.750. The minimum Gasteiger partial charge on any atom is -0.392 e. The van der Waals surface area contributed by atoms with Crippen molar-refractivity contribution in [2.75, 3.05) is 6.61 Å². The van der Waals surface area contributed by atoms with Crippen LogP contribution >= 0.6 is 0 Å². The summed E-state index contributed by atoms with van der Waals surface area (Å²) in [5.74, 6) is 0. The van der Waals surface area contributed by atoms with Crippen molar-refractivity contribution in [3.05, 3.63) is 11.1 Å². The van der Waals surface area contributed by atoms with E-state index in [1.54, 1.807) is 0 Å². The Morgan fingerprint density at radius 3 is 2.82 bits per heavy atom. The maximum absolute atomic E-state index is 8.94. The lowest BCUT2D eigenvalue weighted by atomic mass is 9.87. The molecule has 0 saturated heterocycles. The van der Waals surface area contributed by atoms with Crippen LogP contribution in [0.15, 0.2) is 11.1 Å². The predicted octanol–water partition coefficient (Wildman–Crippen LogP) is 0.599. The Morgan fingerprint density at radius 2 is 2.36 bits per heavy atom. The van der Waals surface area contributed by atoms with Gasteiger partial charge >= 0.3 is 0 Å². The summed E-state index contributed by atoms with van der Waals surface area (Å²) in [7, 11) is 5.59. The monoisotopic (exact) mass is 152 g/mol. The van der Waals surface area contributed by atoms with E-state index in [2.05, 4.69) is 0 Å². The highest BCUT2D eigenvalue weighted by molar-refractivity contribution is 6.11. The first kappa shape index (κ1) is 8.82. The summed E-state index contributed by atoms with van der Waals surface area (Å²) in [6, 6.07) is -0.194. The van der Waals surface area contributed by atoms with Crippen LogP contribution in [0.3, 0.4) is 0 Å². The maximum atomic E-state index is 8.94. The van der Waals surface area contributed by atoms with Crippen molar-refractivity contribution >= 4 is 7.85 Å². The number of ether oxygens (including phenoxy) is 1. The number of hydrogen-bond donors (Lipinski definition) is 1. The predicted molar refractivity (Wildman–Crippen MR) is 44.5 cm³/mol. The van der Waals surface area contributed by atoms with Gasteiger partial charge in [0.25, 0.3) is 0 Å². The Morgan fingerprint density at radius 1 is 1.73 bits per heavy atom. The standard InChI is InChI=1S/C8H13BO2/c1-5-3-8(9)11-6(2)7(5)4-10/h6,8,10H,3-4H2,1-2H3. The van der Waals surface area contributed by atoms with Gasteiger partial charge in [-0.05, 0) is 25.8 Å². The molecule has 0 aromatic heterocycles. The van der Waals surface area contributed by atoms with E-state index < -0.39 is 0 Å². The molecular weight excluding hydrogens is 139 g/mol. The maximum Gasteiger partial charge on any atom is 0.109 e. The summed E-state index contributed by atoms with van der Waals surface area (Å²) in [4.78, 5) is 0. The van der Waals surface area contributed by atoms with E-state index >= 15 is 0 Å². The molecule has 11 heavy (non-hydrogen) atoms. The minimum absolute atomic E-state index is 0.0243. The molecule has 2 atom stereocenters. The summed E-state index contributed by atoms with van der Waals surface area (Å²) < 4.78 is 5.32. The highest BCUT2D eigenvalue weighted by atomic mass is 16.5. The first-order valence-electron chi connectivity index (χ1n) is 3.85. The molecule has 0 fully saturated rings. The van der Waals surface area contributed by atoms with E-state index in [4.69, 9.17) is 17.7 Å². The second-order valence-electron chi connectivity index (χ2n) is 2.98. The molecule has 1 aliphatic heterocycles. The highest BCUT2D eigenvalue weighted by Crippen LogP contribution is 2.23. The molecule has 0 aromatic carbocycles. The fourth-order valence-electron chi connectivity index (χ4n) is 1.44. The average Bonchev–Trinajstić information content (AvgIpc) is 1.85. The third-order valence-corrected chi connectivity index (χ3v) is 2.10. The summed E-state index contributed by atoms with van der Waals surface area (Å²) in [5, 5.41) is 8.94. The van der Waals surface area contributed by atoms with Crippen LogP contribution in [0, 0.1) is 0 Å². The summed E-state index contributed by atoms with van der Waals surface area (Å²) >= 11 is 0. The van der Waals surface area contributed by atoms with Gasteiger partial charge in [-0.25, -0.2) is 0 Å². The molecule has 0 saturated carbocycles. The van der Waals surface area contributed by atoms with Crippen LogP contribution in [-0.4, -0.2) is 31.7 Å². The van der Waals surface area contributed by atoms with Gasteiger partial charge in [0.15, 0.2) is 0 Å². The first-order chi connectivity index (χ1) is 5.15. The topological polar surface area (TPSA) is 29.5 Å². The number of hydrogen-bond acceptors (Lipinski definition) is 2. The van der Waals surface area contributed by atoms with Crippen molar-refractivity contribution < 1.29 is 9.84 Å². The molecule has 1 rings (SSSR count). The molecule has 2 radical (unpaired) electrons. The van der Waals surface area contributed by atoms with Crippen molar-refractivity contribution in [2.24, 2.45) is 0 Å². The third-order valence-electron chi connectivity index (χ3n) is 2.10. The van der Waals surface area contributed by atoms with Gasteiger partial charge in [-0.3, -0.25) is 0 Å². The second-order valence-corrected chi connectivity index (χ2v) is 2.98. The molecule has 60 valence electrons. The smallest absolute Gasteiger partial charge is 0.109 e. The molecular formula is C8H13BO2. The van der Waals surface area contributed by atoms with Gasteiger partial charge in [0.1, 0.15) is 7.85 Å². The minimum atomic E-state index is -0.194. The first-order valence-corrected chi connectivity index (χ1v) is 3.85.